The highest BCUT2D eigenvalue weighted by molar-refractivity contribution is 5.56. The van der Waals surface area contributed by atoms with Gasteiger partial charge in [0, 0.05) is 6.20 Å². The molecule has 1 saturated carbocycles. The molecule has 1 fully saturated rings. The fourth-order valence-electron chi connectivity index (χ4n) is 2.57. The van der Waals surface area contributed by atoms with Gasteiger partial charge in [0.2, 0.25) is 0 Å². The summed E-state index contributed by atoms with van der Waals surface area (Å²) in [6, 6.07) is 3.65. The van der Waals surface area contributed by atoms with Gasteiger partial charge in [-0.05, 0) is 31.9 Å². The molecule has 0 radical (unpaired) electrons. The highest BCUT2D eigenvalue weighted by Crippen LogP contribution is 2.36. The summed E-state index contributed by atoms with van der Waals surface area (Å²) in [7, 11) is 0. The Morgan fingerprint density at radius 2 is 2.20 bits per heavy atom. The molecule has 0 aliphatic heterocycles. The van der Waals surface area contributed by atoms with Gasteiger partial charge in [-0.25, -0.2) is 4.98 Å². The number of aromatic nitrogens is 3. The minimum atomic E-state index is -0.456. The van der Waals surface area contributed by atoms with Crippen molar-refractivity contribution >= 4 is 0 Å². The second-order valence-corrected chi connectivity index (χ2v) is 5.07. The van der Waals surface area contributed by atoms with Gasteiger partial charge < -0.3 is 15.0 Å². The molecule has 0 amide bonds. The van der Waals surface area contributed by atoms with Crippen LogP contribution in [0.5, 0.6) is 5.75 Å². The van der Waals surface area contributed by atoms with E-state index in [1.165, 1.54) is 0 Å². The standard InChI is InChI=1S/C14H18N4O2/c1-2-19-10-6-5-9-16-11(10)12-17-13(18-20-12)14(15)7-3-4-8-14/h5-6,9H,2-4,7-8,15H2,1H3. The third kappa shape index (κ3) is 2.27. The van der Waals surface area contributed by atoms with Gasteiger partial charge in [-0.3, -0.25) is 0 Å². The fraction of sp³-hybridized carbons (Fsp3) is 0.500. The van der Waals surface area contributed by atoms with Gasteiger partial charge in [0.15, 0.2) is 17.3 Å². The zero-order chi connectivity index (χ0) is 14.0. The number of hydrogen-bond donors (Lipinski definition) is 1. The Bertz CT molecular complexity index is 590. The molecule has 0 saturated heterocycles. The lowest BCUT2D eigenvalue weighted by atomic mass is 9.99. The van der Waals surface area contributed by atoms with E-state index in [4.69, 9.17) is 15.0 Å². The molecule has 0 atom stereocenters. The van der Waals surface area contributed by atoms with Crippen molar-refractivity contribution in [1.29, 1.82) is 0 Å². The monoisotopic (exact) mass is 274 g/mol. The van der Waals surface area contributed by atoms with Crippen molar-refractivity contribution in [3.63, 3.8) is 0 Å². The minimum absolute atomic E-state index is 0.362. The van der Waals surface area contributed by atoms with E-state index in [0.717, 1.165) is 25.7 Å². The normalized spacial score (nSPS) is 17.3. The van der Waals surface area contributed by atoms with E-state index in [2.05, 4.69) is 15.1 Å². The molecule has 2 aromatic heterocycles. The van der Waals surface area contributed by atoms with Crippen LogP contribution >= 0.6 is 0 Å². The van der Waals surface area contributed by atoms with E-state index >= 15 is 0 Å². The van der Waals surface area contributed by atoms with Crippen LogP contribution in [0.2, 0.25) is 0 Å². The van der Waals surface area contributed by atoms with E-state index in [9.17, 15) is 0 Å². The molecular formula is C14H18N4O2. The number of nitrogens with two attached hydrogens (primary N) is 1. The number of ether oxygens (including phenoxy) is 1. The molecule has 2 aromatic rings. The Hall–Kier alpha value is -1.95. The smallest absolute Gasteiger partial charge is 0.280 e. The molecule has 1 aliphatic carbocycles. The molecule has 6 nitrogen and oxygen atoms in total. The molecule has 1 aliphatic rings. The first-order valence-corrected chi connectivity index (χ1v) is 6.94. The molecule has 106 valence electrons. The zero-order valence-corrected chi connectivity index (χ0v) is 11.5. The molecule has 2 heterocycles. The maximum atomic E-state index is 6.33. The quantitative estimate of drug-likeness (QED) is 0.920. The summed E-state index contributed by atoms with van der Waals surface area (Å²) in [6.07, 6.45) is 5.68. The second kappa shape index (κ2) is 5.20. The lowest BCUT2D eigenvalue weighted by molar-refractivity contribution is 0.336. The maximum Gasteiger partial charge on any atom is 0.280 e. The molecule has 2 N–H and O–H groups in total. The Morgan fingerprint density at radius 1 is 1.40 bits per heavy atom. The lowest BCUT2D eigenvalue weighted by Gasteiger charge is -2.17. The van der Waals surface area contributed by atoms with Crippen LogP contribution in [-0.2, 0) is 5.54 Å². The van der Waals surface area contributed by atoms with Crippen molar-refractivity contribution in [2.75, 3.05) is 6.61 Å². The van der Waals surface area contributed by atoms with E-state index in [-0.39, 0.29) is 0 Å². The average Bonchev–Trinajstić information content (AvgIpc) is 3.09. The summed E-state index contributed by atoms with van der Waals surface area (Å²) in [5.74, 6) is 1.57. The van der Waals surface area contributed by atoms with Gasteiger partial charge in [-0.15, -0.1) is 0 Å². The van der Waals surface area contributed by atoms with Gasteiger partial charge in [-0.1, -0.05) is 18.0 Å². The van der Waals surface area contributed by atoms with Crippen LogP contribution < -0.4 is 10.5 Å². The Labute approximate surface area is 117 Å². The molecule has 0 spiro atoms. The number of hydrogen-bond acceptors (Lipinski definition) is 6. The van der Waals surface area contributed by atoms with Crippen LogP contribution in [-0.4, -0.2) is 21.7 Å². The molecule has 20 heavy (non-hydrogen) atoms. The van der Waals surface area contributed by atoms with Crippen LogP contribution in [0.4, 0.5) is 0 Å². The van der Waals surface area contributed by atoms with Crippen molar-refractivity contribution in [3.8, 4) is 17.3 Å². The summed E-state index contributed by atoms with van der Waals surface area (Å²) < 4.78 is 10.9. The van der Waals surface area contributed by atoms with Crippen LogP contribution in [0.1, 0.15) is 38.4 Å². The van der Waals surface area contributed by atoms with E-state index in [1.807, 2.05) is 19.1 Å². The van der Waals surface area contributed by atoms with Crippen molar-refractivity contribution in [2.45, 2.75) is 38.1 Å². The van der Waals surface area contributed by atoms with Crippen molar-refractivity contribution < 1.29 is 9.26 Å². The Balaban J connectivity index is 1.94. The molecular weight excluding hydrogens is 256 g/mol. The molecule has 3 rings (SSSR count). The number of nitrogens with zero attached hydrogens (tertiary/aromatic N) is 3. The summed E-state index contributed by atoms with van der Waals surface area (Å²) >= 11 is 0. The molecule has 6 heteroatoms. The first kappa shape index (κ1) is 13.1. The topological polar surface area (TPSA) is 87.1 Å². The Kier molecular flexibility index (Phi) is 3.40. The minimum Gasteiger partial charge on any atom is -0.491 e. The Morgan fingerprint density at radius 3 is 2.95 bits per heavy atom. The van der Waals surface area contributed by atoms with Crippen molar-refractivity contribution in [2.24, 2.45) is 5.73 Å². The molecule has 0 aromatic carbocycles. The zero-order valence-electron chi connectivity index (χ0n) is 11.5. The average molecular weight is 274 g/mol. The van der Waals surface area contributed by atoms with E-state index < -0.39 is 5.54 Å². The third-order valence-electron chi connectivity index (χ3n) is 3.64. The maximum absolute atomic E-state index is 6.33. The summed E-state index contributed by atoms with van der Waals surface area (Å²) in [5, 5.41) is 4.04. The van der Waals surface area contributed by atoms with E-state index in [1.54, 1.807) is 6.20 Å². The van der Waals surface area contributed by atoms with Crippen LogP contribution in [0.3, 0.4) is 0 Å². The van der Waals surface area contributed by atoms with Crippen LogP contribution in [0.15, 0.2) is 22.9 Å². The van der Waals surface area contributed by atoms with Crippen LogP contribution in [0.25, 0.3) is 11.6 Å². The van der Waals surface area contributed by atoms with Gasteiger partial charge in [0.1, 0.15) is 0 Å². The van der Waals surface area contributed by atoms with E-state index in [0.29, 0.717) is 29.8 Å². The summed E-state index contributed by atoms with van der Waals surface area (Å²) in [6.45, 7) is 2.48. The predicted octanol–water partition coefficient (Wildman–Crippen LogP) is 2.26. The number of rotatable bonds is 4. The van der Waals surface area contributed by atoms with Gasteiger partial charge in [0.05, 0.1) is 12.1 Å². The fourth-order valence-corrected chi connectivity index (χ4v) is 2.57. The first-order chi connectivity index (χ1) is 9.73. The van der Waals surface area contributed by atoms with Gasteiger partial charge in [-0.2, -0.15) is 4.98 Å². The lowest BCUT2D eigenvalue weighted by Crippen LogP contribution is -2.34. The number of pyridine rings is 1. The predicted molar refractivity (Wildman–Crippen MR) is 73.0 cm³/mol. The SMILES string of the molecule is CCOc1cccnc1-c1nc(C2(N)CCCC2)no1. The van der Waals surface area contributed by atoms with Gasteiger partial charge >= 0.3 is 0 Å². The van der Waals surface area contributed by atoms with Crippen molar-refractivity contribution in [1.82, 2.24) is 15.1 Å². The summed E-state index contributed by atoms with van der Waals surface area (Å²) in [5.41, 5.74) is 6.44. The van der Waals surface area contributed by atoms with Gasteiger partial charge in [0.25, 0.3) is 5.89 Å². The second-order valence-electron chi connectivity index (χ2n) is 5.07. The summed E-state index contributed by atoms with van der Waals surface area (Å²) in [4.78, 5) is 8.70. The highest BCUT2D eigenvalue weighted by Gasteiger charge is 2.36. The molecule has 0 unspecified atom stereocenters. The highest BCUT2D eigenvalue weighted by atomic mass is 16.5. The van der Waals surface area contributed by atoms with Crippen molar-refractivity contribution in [3.05, 3.63) is 24.2 Å². The molecule has 0 bridgehead atoms. The third-order valence-corrected chi connectivity index (χ3v) is 3.64. The first-order valence-electron chi connectivity index (χ1n) is 6.94. The largest absolute Gasteiger partial charge is 0.491 e. The van der Waals surface area contributed by atoms with Crippen LogP contribution in [0, 0.1) is 0 Å².